The van der Waals surface area contributed by atoms with Gasteiger partial charge in [0, 0.05) is 6.61 Å². The van der Waals surface area contributed by atoms with E-state index in [9.17, 15) is 9.59 Å². The second-order valence-corrected chi connectivity index (χ2v) is 5.11. The minimum atomic E-state index is -0.821. The van der Waals surface area contributed by atoms with E-state index >= 15 is 0 Å². The Morgan fingerprint density at radius 3 is 2.50 bits per heavy atom. The summed E-state index contributed by atoms with van der Waals surface area (Å²) in [5.74, 6) is -0.528. The van der Waals surface area contributed by atoms with E-state index in [1.54, 1.807) is 13.8 Å². The molecule has 0 aromatic heterocycles. The number of nitrogens with one attached hydrogen (secondary N) is 1. The molecule has 6 nitrogen and oxygen atoms in total. The highest BCUT2D eigenvalue weighted by molar-refractivity contribution is 5.81. The summed E-state index contributed by atoms with van der Waals surface area (Å²) in [4.78, 5) is 23.7. The van der Waals surface area contributed by atoms with E-state index in [2.05, 4.69) is 5.32 Å². The van der Waals surface area contributed by atoms with Crippen LogP contribution in [0.5, 0.6) is 0 Å². The second-order valence-electron chi connectivity index (χ2n) is 5.11. The molecule has 0 heterocycles. The van der Waals surface area contributed by atoms with Crippen molar-refractivity contribution >= 4 is 12.1 Å². The van der Waals surface area contributed by atoms with E-state index in [0.717, 1.165) is 5.56 Å². The number of carbonyl (C=O) groups is 2. The predicted molar refractivity (Wildman–Crippen MR) is 81.1 cm³/mol. The Balaban J connectivity index is 2.49. The van der Waals surface area contributed by atoms with Crippen molar-refractivity contribution in [2.24, 2.45) is 0 Å². The fourth-order valence-electron chi connectivity index (χ4n) is 1.77. The first-order chi connectivity index (χ1) is 10.5. The third kappa shape index (κ3) is 7.08. The Hall–Kier alpha value is -2.08. The van der Waals surface area contributed by atoms with Gasteiger partial charge in [0.15, 0.2) is 0 Å². The van der Waals surface area contributed by atoms with Gasteiger partial charge < -0.3 is 19.9 Å². The lowest BCUT2D eigenvalue weighted by Crippen LogP contribution is -2.42. The van der Waals surface area contributed by atoms with Gasteiger partial charge in [0.2, 0.25) is 0 Å². The average Bonchev–Trinajstić information content (AvgIpc) is 2.49. The quantitative estimate of drug-likeness (QED) is 0.718. The van der Waals surface area contributed by atoms with Gasteiger partial charge in [0.1, 0.15) is 12.6 Å². The van der Waals surface area contributed by atoms with Gasteiger partial charge in [-0.25, -0.2) is 9.59 Å². The van der Waals surface area contributed by atoms with Crippen molar-refractivity contribution in [3.05, 3.63) is 35.9 Å². The standard InChI is InChI=1S/C16H23NO5/c1-12(2)22-15(19)14(9-6-10-18)17-16(20)21-11-13-7-4-3-5-8-13/h3-5,7-8,12,14,18H,6,9-11H2,1-2H3,(H,17,20)/t14-/m0/s1. The molecular formula is C16H23NO5. The van der Waals surface area contributed by atoms with Crippen LogP contribution >= 0.6 is 0 Å². The van der Waals surface area contributed by atoms with Crippen LogP contribution in [0, 0.1) is 0 Å². The molecule has 0 saturated heterocycles. The summed E-state index contributed by atoms with van der Waals surface area (Å²) in [5, 5.41) is 11.3. The normalized spacial score (nSPS) is 11.8. The molecule has 0 aliphatic heterocycles. The van der Waals surface area contributed by atoms with Crippen LogP contribution in [0.2, 0.25) is 0 Å². The average molecular weight is 309 g/mol. The molecule has 1 amide bonds. The number of rotatable bonds is 8. The molecule has 0 unspecified atom stereocenters. The molecule has 1 aromatic carbocycles. The molecule has 0 spiro atoms. The lowest BCUT2D eigenvalue weighted by atomic mass is 10.1. The van der Waals surface area contributed by atoms with Crippen molar-refractivity contribution < 1.29 is 24.2 Å². The number of aliphatic hydroxyl groups excluding tert-OH is 1. The number of hydrogen-bond acceptors (Lipinski definition) is 5. The summed E-state index contributed by atoms with van der Waals surface area (Å²) in [6.45, 7) is 3.52. The van der Waals surface area contributed by atoms with E-state index in [-0.39, 0.29) is 19.3 Å². The smallest absolute Gasteiger partial charge is 0.408 e. The van der Waals surface area contributed by atoms with Gasteiger partial charge in [-0.2, -0.15) is 0 Å². The van der Waals surface area contributed by atoms with Crippen molar-refractivity contribution in [3.8, 4) is 0 Å². The van der Waals surface area contributed by atoms with Gasteiger partial charge >= 0.3 is 12.1 Å². The van der Waals surface area contributed by atoms with Gasteiger partial charge in [-0.05, 0) is 32.3 Å². The molecule has 122 valence electrons. The van der Waals surface area contributed by atoms with Crippen LogP contribution in [0.4, 0.5) is 4.79 Å². The van der Waals surface area contributed by atoms with E-state index in [0.29, 0.717) is 12.8 Å². The maximum absolute atomic E-state index is 11.9. The molecule has 0 aliphatic rings. The Morgan fingerprint density at radius 2 is 1.91 bits per heavy atom. The van der Waals surface area contributed by atoms with Crippen molar-refractivity contribution in [3.63, 3.8) is 0 Å². The first-order valence-corrected chi connectivity index (χ1v) is 7.31. The van der Waals surface area contributed by atoms with Gasteiger partial charge in [-0.15, -0.1) is 0 Å². The Bertz CT molecular complexity index is 461. The monoisotopic (exact) mass is 309 g/mol. The summed E-state index contributed by atoms with van der Waals surface area (Å²) in [6.07, 6.45) is -0.280. The molecule has 22 heavy (non-hydrogen) atoms. The molecule has 0 aliphatic carbocycles. The zero-order valence-corrected chi connectivity index (χ0v) is 13.0. The van der Waals surface area contributed by atoms with E-state index in [1.807, 2.05) is 30.3 Å². The number of esters is 1. The highest BCUT2D eigenvalue weighted by atomic mass is 16.6. The Morgan fingerprint density at radius 1 is 1.23 bits per heavy atom. The van der Waals surface area contributed by atoms with Gasteiger partial charge in [-0.1, -0.05) is 30.3 Å². The van der Waals surface area contributed by atoms with Crippen molar-refractivity contribution in [2.45, 2.75) is 45.4 Å². The molecule has 0 bridgehead atoms. The molecule has 6 heteroatoms. The number of amides is 1. The van der Waals surface area contributed by atoms with Gasteiger partial charge in [-0.3, -0.25) is 0 Å². The van der Waals surface area contributed by atoms with Crippen LogP contribution in [0.15, 0.2) is 30.3 Å². The minimum Gasteiger partial charge on any atom is -0.461 e. The zero-order valence-electron chi connectivity index (χ0n) is 13.0. The molecule has 1 aromatic rings. The lowest BCUT2D eigenvalue weighted by molar-refractivity contribution is -0.150. The van der Waals surface area contributed by atoms with Crippen LogP contribution in [0.1, 0.15) is 32.3 Å². The summed E-state index contributed by atoms with van der Waals surface area (Å²) < 4.78 is 10.2. The number of carbonyl (C=O) groups excluding carboxylic acids is 2. The van der Waals surface area contributed by atoms with Crippen LogP contribution in [-0.2, 0) is 20.9 Å². The summed E-state index contributed by atoms with van der Waals surface area (Å²) in [6, 6.07) is 8.42. The van der Waals surface area contributed by atoms with Crippen LogP contribution in [0.3, 0.4) is 0 Å². The van der Waals surface area contributed by atoms with E-state index < -0.39 is 18.1 Å². The van der Waals surface area contributed by atoms with E-state index in [4.69, 9.17) is 14.6 Å². The second kappa shape index (κ2) is 9.78. The number of ether oxygens (including phenoxy) is 2. The van der Waals surface area contributed by atoms with E-state index in [1.165, 1.54) is 0 Å². The third-order valence-electron chi connectivity index (χ3n) is 2.79. The highest BCUT2D eigenvalue weighted by Crippen LogP contribution is 2.05. The number of hydrogen-bond donors (Lipinski definition) is 2. The van der Waals surface area contributed by atoms with Crippen molar-refractivity contribution in [1.82, 2.24) is 5.32 Å². The molecule has 0 radical (unpaired) electrons. The number of benzene rings is 1. The molecule has 1 atom stereocenters. The first-order valence-electron chi connectivity index (χ1n) is 7.31. The number of alkyl carbamates (subject to hydrolysis) is 1. The summed E-state index contributed by atoms with van der Waals surface area (Å²) in [7, 11) is 0. The molecule has 1 rings (SSSR count). The van der Waals surface area contributed by atoms with Crippen molar-refractivity contribution in [2.75, 3.05) is 6.61 Å². The fourth-order valence-corrected chi connectivity index (χ4v) is 1.77. The molecule has 0 saturated carbocycles. The maximum atomic E-state index is 11.9. The van der Waals surface area contributed by atoms with Crippen LogP contribution in [-0.4, -0.2) is 35.9 Å². The minimum absolute atomic E-state index is 0.0633. The third-order valence-corrected chi connectivity index (χ3v) is 2.79. The van der Waals surface area contributed by atoms with Crippen LogP contribution in [0.25, 0.3) is 0 Å². The Labute approximate surface area is 130 Å². The molecule has 2 N–H and O–H groups in total. The van der Waals surface area contributed by atoms with Crippen molar-refractivity contribution in [1.29, 1.82) is 0 Å². The van der Waals surface area contributed by atoms with Gasteiger partial charge in [0.25, 0.3) is 0 Å². The zero-order chi connectivity index (χ0) is 16.4. The summed E-state index contributed by atoms with van der Waals surface area (Å²) >= 11 is 0. The Kier molecular flexibility index (Phi) is 7.99. The largest absolute Gasteiger partial charge is 0.461 e. The van der Waals surface area contributed by atoms with Crippen LogP contribution < -0.4 is 5.32 Å². The first kappa shape index (κ1) is 18.0. The maximum Gasteiger partial charge on any atom is 0.408 e. The molecular weight excluding hydrogens is 286 g/mol. The SMILES string of the molecule is CC(C)OC(=O)[C@H](CCCO)NC(=O)OCc1ccccc1. The number of aliphatic hydroxyl groups is 1. The van der Waals surface area contributed by atoms with Gasteiger partial charge in [0.05, 0.1) is 6.10 Å². The topological polar surface area (TPSA) is 84.9 Å². The fraction of sp³-hybridized carbons (Fsp3) is 0.500. The molecule has 0 fully saturated rings. The predicted octanol–water partition coefficient (Wildman–Crippen LogP) is 2.01. The lowest BCUT2D eigenvalue weighted by Gasteiger charge is -2.18. The summed E-state index contributed by atoms with van der Waals surface area (Å²) in [5.41, 5.74) is 0.856. The highest BCUT2D eigenvalue weighted by Gasteiger charge is 2.23.